The van der Waals surface area contributed by atoms with Crippen LogP contribution in [0.15, 0.2) is 23.6 Å². The number of rotatable bonds is 5. The third-order valence-corrected chi connectivity index (χ3v) is 4.54. The van der Waals surface area contributed by atoms with Crippen molar-refractivity contribution in [2.75, 3.05) is 6.54 Å². The average molecular weight is 288 g/mol. The van der Waals surface area contributed by atoms with Gasteiger partial charge in [-0.25, -0.2) is 4.98 Å². The minimum absolute atomic E-state index is 0.486. The van der Waals surface area contributed by atoms with E-state index in [4.69, 9.17) is 4.74 Å². The molecule has 0 amide bonds. The first-order valence-corrected chi connectivity index (χ1v) is 8.05. The Balaban J connectivity index is 1.75. The number of hydrogen-bond acceptors (Lipinski definition) is 4. The highest BCUT2D eigenvalue weighted by Gasteiger charge is 2.24. The van der Waals surface area contributed by atoms with E-state index in [-0.39, 0.29) is 0 Å². The lowest BCUT2D eigenvalue weighted by Gasteiger charge is -2.13. The molecule has 3 nitrogen and oxygen atoms in total. The molecule has 2 aromatic rings. The van der Waals surface area contributed by atoms with Gasteiger partial charge in [-0.3, -0.25) is 0 Å². The summed E-state index contributed by atoms with van der Waals surface area (Å²) in [6.07, 6.45) is 2.26. The van der Waals surface area contributed by atoms with Crippen LogP contribution in [0.2, 0.25) is 0 Å². The molecule has 1 N–H and O–H groups in total. The molecule has 0 radical (unpaired) electrons. The summed E-state index contributed by atoms with van der Waals surface area (Å²) in [5, 5.41) is 6.70. The van der Waals surface area contributed by atoms with E-state index in [1.807, 2.05) is 6.92 Å². The van der Waals surface area contributed by atoms with Crippen molar-refractivity contribution in [3.05, 3.63) is 45.4 Å². The van der Waals surface area contributed by atoms with Gasteiger partial charge in [0.2, 0.25) is 0 Å². The van der Waals surface area contributed by atoms with Gasteiger partial charge in [0.1, 0.15) is 12.4 Å². The van der Waals surface area contributed by atoms with Crippen molar-refractivity contribution in [3.63, 3.8) is 0 Å². The predicted octanol–water partition coefficient (Wildman–Crippen LogP) is 3.63. The molecule has 0 saturated carbocycles. The molecule has 1 atom stereocenters. The van der Waals surface area contributed by atoms with E-state index in [0.717, 1.165) is 29.4 Å². The predicted molar refractivity (Wildman–Crippen MR) is 82.4 cm³/mol. The van der Waals surface area contributed by atoms with Gasteiger partial charge in [0.05, 0.1) is 10.7 Å². The first kappa shape index (κ1) is 13.6. The first-order valence-electron chi connectivity index (χ1n) is 7.17. The molecule has 1 unspecified atom stereocenters. The molecule has 0 fully saturated rings. The van der Waals surface area contributed by atoms with Gasteiger partial charge in [0.25, 0.3) is 0 Å². The number of benzene rings is 1. The van der Waals surface area contributed by atoms with E-state index in [0.29, 0.717) is 12.6 Å². The van der Waals surface area contributed by atoms with Gasteiger partial charge < -0.3 is 10.1 Å². The Morgan fingerprint density at radius 3 is 3.10 bits per heavy atom. The largest absolute Gasteiger partial charge is 0.487 e. The smallest absolute Gasteiger partial charge is 0.131 e. The van der Waals surface area contributed by atoms with Crippen molar-refractivity contribution in [1.82, 2.24) is 10.3 Å². The van der Waals surface area contributed by atoms with E-state index >= 15 is 0 Å². The van der Waals surface area contributed by atoms with Gasteiger partial charge in [-0.15, -0.1) is 11.3 Å². The minimum Gasteiger partial charge on any atom is -0.487 e. The second kappa shape index (κ2) is 5.94. The number of aryl methyl sites for hydroxylation is 1. The molecule has 0 saturated heterocycles. The van der Waals surface area contributed by atoms with Gasteiger partial charge >= 0.3 is 0 Å². The number of aromatic nitrogens is 1. The number of thiazole rings is 1. The SMILES string of the molecule is CCNC1CCc2c(OCc3csc(C)n3)cccc21. The van der Waals surface area contributed by atoms with Crippen molar-refractivity contribution in [2.24, 2.45) is 0 Å². The van der Waals surface area contributed by atoms with E-state index in [1.54, 1.807) is 11.3 Å². The molecule has 0 spiro atoms. The number of fused-ring (bicyclic) bond motifs is 1. The summed E-state index contributed by atoms with van der Waals surface area (Å²) in [4.78, 5) is 4.44. The molecular formula is C16H20N2OS. The Labute approximate surface area is 124 Å². The van der Waals surface area contributed by atoms with Crippen LogP contribution < -0.4 is 10.1 Å². The number of ether oxygens (including phenoxy) is 1. The normalized spacial score (nSPS) is 17.2. The molecule has 1 aliphatic rings. The van der Waals surface area contributed by atoms with Crippen molar-refractivity contribution >= 4 is 11.3 Å². The fraction of sp³-hybridized carbons (Fsp3) is 0.438. The third-order valence-electron chi connectivity index (χ3n) is 3.72. The first-order chi connectivity index (χ1) is 9.78. The van der Waals surface area contributed by atoms with Gasteiger partial charge in [0.15, 0.2) is 0 Å². The molecule has 1 heterocycles. The van der Waals surface area contributed by atoms with E-state index < -0.39 is 0 Å². The highest BCUT2D eigenvalue weighted by molar-refractivity contribution is 7.09. The maximum atomic E-state index is 5.99. The van der Waals surface area contributed by atoms with Crippen LogP contribution in [0.5, 0.6) is 5.75 Å². The molecule has 0 bridgehead atoms. The van der Waals surface area contributed by atoms with Crippen LogP contribution in [0.1, 0.15) is 41.2 Å². The van der Waals surface area contributed by atoms with E-state index in [1.165, 1.54) is 17.5 Å². The second-order valence-electron chi connectivity index (χ2n) is 5.12. The Kier molecular flexibility index (Phi) is 4.03. The van der Waals surface area contributed by atoms with Gasteiger partial charge in [-0.2, -0.15) is 0 Å². The Hall–Kier alpha value is -1.39. The number of nitrogens with zero attached hydrogens (tertiary/aromatic N) is 1. The standard InChI is InChI=1S/C16H20N2OS/c1-3-17-15-8-7-14-13(15)5-4-6-16(14)19-9-12-10-20-11(2)18-12/h4-6,10,15,17H,3,7-9H2,1-2H3. The molecular weight excluding hydrogens is 268 g/mol. The average Bonchev–Trinajstić information content (AvgIpc) is 3.04. The number of hydrogen-bond donors (Lipinski definition) is 1. The van der Waals surface area contributed by atoms with Crippen molar-refractivity contribution in [3.8, 4) is 5.75 Å². The third kappa shape index (κ3) is 2.72. The molecule has 1 aromatic heterocycles. The zero-order chi connectivity index (χ0) is 13.9. The fourth-order valence-electron chi connectivity index (χ4n) is 2.84. The van der Waals surface area contributed by atoms with Gasteiger partial charge in [-0.1, -0.05) is 19.1 Å². The van der Waals surface area contributed by atoms with Crippen LogP contribution in [0.3, 0.4) is 0 Å². The summed E-state index contributed by atoms with van der Waals surface area (Å²) in [5.74, 6) is 1.02. The monoisotopic (exact) mass is 288 g/mol. The zero-order valence-electron chi connectivity index (χ0n) is 12.0. The zero-order valence-corrected chi connectivity index (χ0v) is 12.8. The molecule has 4 heteroatoms. The molecule has 106 valence electrons. The molecule has 3 rings (SSSR count). The highest BCUT2D eigenvalue weighted by Crippen LogP contribution is 2.37. The van der Waals surface area contributed by atoms with Crippen LogP contribution >= 0.6 is 11.3 Å². The topological polar surface area (TPSA) is 34.1 Å². The number of nitrogens with one attached hydrogen (secondary N) is 1. The Morgan fingerprint density at radius 1 is 1.45 bits per heavy atom. The van der Waals surface area contributed by atoms with Gasteiger partial charge in [0, 0.05) is 11.4 Å². The molecule has 1 aromatic carbocycles. The molecule has 20 heavy (non-hydrogen) atoms. The van der Waals surface area contributed by atoms with Crippen LogP contribution in [0, 0.1) is 6.92 Å². The van der Waals surface area contributed by atoms with Gasteiger partial charge in [-0.05, 0) is 43.5 Å². The Bertz CT molecular complexity index is 594. The molecule has 0 aliphatic heterocycles. The summed E-state index contributed by atoms with van der Waals surface area (Å²) in [6.45, 7) is 5.75. The lowest BCUT2D eigenvalue weighted by Crippen LogP contribution is -2.18. The summed E-state index contributed by atoms with van der Waals surface area (Å²) >= 11 is 1.67. The van der Waals surface area contributed by atoms with E-state index in [2.05, 4.69) is 40.8 Å². The quantitative estimate of drug-likeness (QED) is 0.912. The van der Waals surface area contributed by atoms with E-state index in [9.17, 15) is 0 Å². The lowest BCUT2D eigenvalue weighted by molar-refractivity contribution is 0.299. The molecule has 1 aliphatic carbocycles. The maximum absolute atomic E-state index is 5.99. The highest BCUT2D eigenvalue weighted by atomic mass is 32.1. The van der Waals surface area contributed by atoms with Crippen molar-refractivity contribution in [2.45, 2.75) is 39.3 Å². The maximum Gasteiger partial charge on any atom is 0.131 e. The van der Waals surface area contributed by atoms with Crippen LogP contribution in [0.4, 0.5) is 0 Å². The second-order valence-corrected chi connectivity index (χ2v) is 6.18. The summed E-state index contributed by atoms with van der Waals surface area (Å²) < 4.78 is 5.99. The Morgan fingerprint density at radius 2 is 2.35 bits per heavy atom. The fourth-order valence-corrected chi connectivity index (χ4v) is 3.44. The van der Waals surface area contributed by atoms with Crippen molar-refractivity contribution < 1.29 is 4.74 Å². The van der Waals surface area contributed by atoms with Crippen LogP contribution in [0.25, 0.3) is 0 Å². The van der Waals surface area contributed by atoms with Crippen molar-refractivity contribution in [1.29, 1.82) is 0 Å². The lowest BCUT2D eigenvalue weighted by atomic mass is 10.1. The summed E-state index contributed by atoms with van der Waals surface area (Å²) in [5.41, 5.74) is 3.79. The summed E-state index contributed by atoms with van der Waals surface area (Å²) in [7, 11) is 0. The van der Waals surface area contributed by atoms with Crippen LogP contribution in [-0.4, -0.2) is 11.5 Å². The minimum atomic E-state index is 0.486. The summed E-state index contributed by atoms with van der Waals surface area (Å²) in [6, 6.07) is 6.87. The van der Waals surface area contributed by atoms with Crippen LogP contribution in [-0.2, 0) is 13.0 Å².